The molecule has 22 heavy (non-hydrogen) atoms. The molecule has 8 heteroatoms. The third-order valence-corrected chi connectivity index (χ3v) is 3.51. The maximum absolute atomic E-state index is 11.2. The van der Waals surface area contributed by atoms with Crippen molar-refractivity contribution in [2.24, 2.45) is 5.73 Å². The Labute approximate surface area is 127 Å². The highest BCUT2D eigenvalue weighted by molar-refractivity contribution is 5.71. The van der Waals surface area contributed by atoms with E-state index in [0.717, 1.165) is 25.1 Å². The Morgan fingerprint density at radius 3 is 2.91 bits per heavy atom. The van der Waals surface area contributed by atoms with E-state index in [0.29, 0.717) is 6.54 Å². The third-order valence-electron chi connectivity index (χ3n) is 3.51. The summed E-state index contributed by atoms with van der Waals surface area (Å²) in [4.78, 5) is 23.8. The van der Waals surface area contributed by atoms with Crippen molar-refractivity contribution >= 4 is 11.7 Å². The number of hydrogen-bond acceptors (Lipinski definition) is 7. The van der Waals surface area contributed by atoms with E-state index < -0.39 is 10.9 Å². The number of nitro groups is 1. The summed E-state index contributed by atoms with van der Waals surface area (Å²) >= 11 is 0. The summed E-state index contributed by atoms with van der Waals surface area (Å²) < 4.78 is 9.59. The summed E-state index contributed by atoms with van der Waals surface area (Å²) in [6.07, 6.45) is 0.933. The van der Waals surface area contributed by atoms with Crippen LogP contribution in [0.4, 0.5) is 5.69 Å². The Morgan fingerprint density at radius 1 is 1.55 bits per heavy atom. The molecule has 2 rings (SSSR count). The molecule has 1 fully saturated rings. The molecule has 1 aliphatic heterocycles. The number of likely N-dealkylation sites (tertiary alicyclic amines) is 1. The van der Waals surface area contributed by atoms with Gasteiger partial charge in [-0.15, -0.1) is 0 Å². The van der Waals surface area contributed by atoms with Crippen LogP contribution in [0, 0.1) is 10.1 Å². The molecule has 1 aliphatic rings. The van der Waals surface area contributed by atoms with Crippen LogP contribution in [0.25, 0.3) is 0 Å². The zero-order valence-corrected chi connectivity index (χ0v) is 12.4. The lowest BCUT2D eigenvalue weighted by Crippen LogP contribution is -2.26. The molecule has 120 valence electrons. The van der Waals surface area contributed by atoms with Gasteiger partial charge in [-0.1, -0.05) is 6.07 Å². The number of nitrogens with zero attached hydrogens (tertiary/aromatic N) is 2. The quantitative estimate of drug-likeness (QED) is 0.467. The summed E-state index contributed by atoms with van der Waals surface area (Å²) in [6, 6.07) is 4.89. The molecule has 8 nitrogen and oxygen atoms in total. The van der Waals surface area contributed by atoms with Crippen LogP contribution in [0.1, 0.15) is 12.0 Å². The van der Waals surface area contributed by atoms with Crippen molar-refractivity contribution in [1.82, 2.24) is 4.90 Å². The Hall–Kier alpha value is -2.19. The molecule has 0 unspecified atom stereocenters. The lowest BCUT2D eigenvalue weighted by atomic mass is 10.1. The summed E-state index contributed by atoms with van der Waals surface area (Å²) in [6.45, 7) is 1.91. The van der Waals surface area contributed by atoms with Crippen LogP contribution in [0.15, 0.2) is 18.2 Å². The van der Waals surface area contributed by atoms with Gasteiger partial charge in [-0.25, -0.2) is 4.79 Å². The van der Waals surface area contributed by atoms with Gasteiger partial charge in [-0.2, -0.15) is 0 Å². The molecule has 0 aliphatic carbocycles. The zero-order valence-electron chi connectivity index (χ0n) is 12.4. The largest absolute Gasteiger partial charge is 0.475 e. The molecule has 1 aromatic rings. The smallest absolute Gasteiger partial charge is 0.343 e. The van der Waals surface area contributed by atoms with Gasteiger partial charge in [0.1, 0.15) is 0 Å². The van der Waals surface area contributed by atoms with Gasteiger partial charge < -0.3 is 15.2 Å². The van der Waals surface area contributed by atoms with Crippen molar-refractivity contribution in [1.29, 1.82) is 0 Å². The molecule has 1 atom stereocenters. The monoisotopic (exact) mass is 309 g/mol. The zero-order chi connectivity index (χ0) is 16.1. The molecule has 0 radical (unpaired) electrons. The predicted octanol–water partition coefficient (Wildman–Crippen LogP) is 0.680. The minimum atomic E-state index is -0.593. The number of benzene rings is 1. The number of nitro benzene ring substituents is 1. The second-order valence-corrected chi connectivity index (χ2v) is 5.21. The van der Waals surface area contributed by atoms with E-state index in [4.69, 9.17) is 10.5 Å². The first kappa shape index (κ1) is 16.2. The number of esters is 1. The Morgan fingerprint density at radius 2 is 2.32 bits per heavy atom. The van der Waals surface area contributed by atoms with E-state index in [1.807, 2.05) is 0 Å². The van der Waals surface area contributed by atoms with Crippen LogP contribution in [0.5, 0.6) is 5.75 Å². The van der Waals surface area contributed by atoms with Crippen LogP contribution in [-0.4, -0.2) is 48.6 Å². The SMILES string of the molecule is COC(=O)COc1ccc(CN2CC[C@H](N)C2)cc1[N+](=O)[O-]. The molecule has 0 bridgehead atoms. The maximum atomic E-state index is 11.2. The highest BCUT2D eigenvalue weighted by atomic mass is 16.6. The number of carbonyl (C=O) groups excluding carboxylic acids is 1. The molecule has 1 heterocycles. The fraction of sp³-hybridized carbons (Fsp3) is 0.500. The number of methoxy groups -OCH3 is 1. The molecule has 0 saturated carbocycles. The molecular weight excluding hydrogens is 290 g/mol. The van der Waals surface area contributed by atoms with Gasteiger partial charge >= 0.3 is 11.7 Å². The van der Waals surface area contributed by atoms with Gasteiger partial charge in [0, 0.05) is 31.7 Å². The molecule has 2 N–H and O–H groups in total. The Balaban J connectivity index is 2.09. The van der Waals surface area contributed by atoms with Crippen LogP contribution < -0.4 is 10.5 Å². The molecule has 0 spiro atoms. The maximum Gasteiger partial charge on any atom is 0.343 e. The minimum absolute atomic E-state index is 0.0530. The number of hydrogen-bond donors (Lipinski definition) is 1. The molecular formula is C14H19N3O5. The first-order valence-corrected chi connectivity index (χ1v) is 6.94. The fourth-order valence-electron chi connectivity index (χ4n) is 2.39. The third kappa shape index (κ3) is 4.15. The first-order valence-electron chi connectivity index (χ1n) is 6.94. The van der Waals surface area contributed by atoms with Crippen molar-refractivity contribution in [3.05, 3.63) is 33.9 Å². The van der Waals surface area contributed by atoms with E-state index in [1.54, 1.807) is 6.07 Å². The predicted molar refractivity (Wildman–Crippen MR) is 78.5 cm³/mol. The van der Waals surface area contributed by atoms with Crippen molar-refractivity contribution in [2.45, 2.75) is 19.0 Å². The Kier molecular flexibility index (Phi) is 5.29. The van der Waals surface area contributed by atoms with Crippen LogP contribution in [0.3, 0.4) is 0 Å². The van der Waals surface area contributed by atoms with Crippen molar-refractivity contribution in [3.8, 4) is 5.75 Å². The Bertz CT molecular complexity index is 563. The van der Waals surface area contributed by atoms with E-state index in [9.17, 15) is 14.9 Å². The van der Waals surface area contributed by atoms with Crippen molar-refractivity contribution in [2.75, 3.05) is 26.8 Å². The van der Waals surface area contributed by atoms with E-state index >= 15 is 0 Å². The second-order valence-electron chi connectivity index (χ2n) is 5.21. The van der Waals surface area contributed by atoms with Gasteiger partial charge in [0.15, 0.2) is 12.4 Å². The highest BCUT2D eigenvalue weighted by Crippen LogP contribution is 2.29. The summed E-state index contributed by atoms with van der Waals surface area (Å²) in [5.41, 5.74) is 6.50. The van der Waals surface area contributed by atoms with E-state index in [2.05, 4.69) is 9.64 Å². The standard InChI is InChI=1S/C14H19N3O5/c1-21-14(18)9-22-13-3-2-10(6-12(13)17(19)20)7-16-5-4-11(15)8-16/h2-3,6,11H,4-5,7-9,15H2,1H3/t11-/m0/s1. The molecule has 1 aromatic carbocycles. The first-order chi connectivity index (χ1) is 10.5. The van der Waals surface area contributed by atoms with Crippen molar-refractivity contribution in [3.63, 3.8) is 0 Å². The van der Waals surface area contributed by atoms with Crippen molar-refractivity contribution < 1.29 is 19.2 Å². The van der Waals surface area contributed by atoms with Crippen LogP contribution in [-0.2, 0) is 16.1 Å². The summed E-state index contributed by atoms with van der Waals surface area (Å²) in [5, 5.41) is 11.2. The lowest BCUT2D eigenvalue weighted by Gasteiger charge is -2.15. The topological polar surface area (TPSA) is 108 Å². The number of ether oxygens (including phenoxy) is 2. The molecule has 0 aromatic heterocycles. The van der Waals surface area contributed by atoms with Crippen LogP contribution in [0.2, 0.25) is 0 Å². The van der Waals surface area contributed by atoms with Gasteiger partial charge in [0.25, 0.3) is 0 Å². The minimum Gasteiger partial charge on any atom is -0.475 e. The second kappa shape index (κ2) is 7.19. The van der Waals surface area contributed by atoms with Crippen LogP contribution >= 0.6 is 0 Å². The lowest BCUT2D eigenvalue weighted by molar-refractivity contribution is -0.385. The normalized spacial score (nSPS) is 18.2. The van der Waals surface area contributed by atoms with E-state index in [1.165, 1.54) is 19.2 Å². The van der Waals surface area contributed by atoms with E-state index in [-0.39, 0.29) is 24.1 Å². The highest BCUT2D eigenvalue weighted by Gasteiger charge is 2.21. The summed E-state index contributed by atoms with van der Waals surface area (Å²) in [7, 11) is 1.23. The molecule has 1 saturated heterocycles. The number of carbonyl (C=O) groups is 1. The summed E-state index contributed by atoms with van der Waals surface area (Å²) in [5.74, 6) is -0.540. The number of nitrogens with two attached hydrogens (primary N) is 1. The average Bonchev–Trinajstić information content (AvgIpc) is 2.90. The van der Waals surface area contributed by atoms with Gasteiger partial charge in [-0.05, 0) is 18.1 Å². The van der Waals surface area contributed by atoms with Gasteiger partial charge in [0.2, 0.25) is 0 Å². The molecule has 0 amide bonds. The van der Waals surface area contributed by atoms with Gasteiger partial charge in [-0.3, -0.25) is 15.0 Å². The average molecular weight is 309 g/mol. The fourth-order valence-corrected chi connectivity index (χ4v) is 2.39. The number of rotatable bonds is 6. The van der Waals surface area contributed by atoms with Gasteiger partial charge in [0.05, 0.1) is 12.0 Å².